The van der Waals surface area contributed by atoms with E-state index in [4.69, 9.17) is 4.74 Å². The Morgan fingerprint density at radius 3 is 2.75 bits per heavy atom. The highest BCUT2D eigenvalue weighted by Gasteiger charge is 2.18. The number of likely N-dealkylation sites (N-methyl/N-ethyl adjacent to an activating group) is 1. The molecule has 1 N–H and O–H groups in total. The summed E-state index contributed by atoms with van der Waals surface area (Å²) in [5.41, 5.74) is 0. The Kier molecular flexibility index (Phi) is 5.49. The van der Waals surface area contributed by atoms with E-state index in [1.165, 1.54) is 0 Å². The molecule has 1 aromatic heterocycles. The Labute approximate surface area is 98.0 Å². The zero-order valence-electron chi connectivity index (χ0n) is 10.7. The van der Waals surface area contributed by atoms with Crippen LogP contribution in [0.5, 0.6) is 0 Å². The quantitative estimate of drug-likeness (QED) is 0.761. The van der Waals surface area contributed by atoms with Gasteiger partial charge in [0.15, 0.2) is 0 Å². The molecule has 0 amide bonds. The Morgan fingerprint density at radius 1 is 1.56 bits per heavy atom. The van der Waals surface area contributed by atoms with Crippen LogP contribution in [0.15, 0.2) is 12.4 Å². The SMILES string of the molecule is CCC(OC)C(CCc1nccn1C)NC. The van der Waals surface area contributed by atoms with Gasteiger partial charge in [-0.2, -0.15) is 0 Å². The fourth-order valence-electron chi connectivity index (χ4n) is 2.05. The number of rotatable bonds is 7. The summed E-state index contributed by atoms with van der Waals surface area (Å²) < 4.78 is 7.53. The zero-order valence-corrected chi connectivity index (χ0v) is 10.7. The van der Waals surface area contributed by atoms with Gasteiger partial charge in [0, 0.05) is 39.0 Å². The lowest BCUT2D eigenvalue weighted by atomic mass is 10.0. The Morgan fingerprint density at radius 2 is 2.31 bits per heavy atom. The van der Waals surface area contributed by atoms with Gasteiger partial charge in [0.25, 0.3) is 0 Å². The van der Waals surface area contributed by atoms with Crippen LogP contribution in [-0.4, -0.2) is 35.9 Å². The largest absolute Gasteiger partial charge is 0.380 e. The summed E-state index contributed by atoms with van der Waals surface area (Å²) >= 11 is 0. The van der Waals surface area contributed by atoms with Gasteiger partial charge < -0.3 is 14.6 Å². The molecule has 16 heavy (non-hydrogen) atoms. The molecule has 0 saturated heterocycles. The number of methoxy groups -OCH3 is 1. The molecular formula is C12H23N3O. The molecule has 4 heteroatoms. The van der Waals surface area contributed by atoms with Crippen LogP contribution in [0.2, 0.25) is 0 Å². The molecule has 2 atom stereocenters. The van der Waals surface area contributed by atoms with Gasteiger partial charge in [0.05, 0.1) is 6.10 Å². The van der Waals surface area contributed by atoms with E-state index in [0.29, 0.717) is 6.04 Å². The van der Waals surface area contributed by atoms with Crippen molar-refractivity contribution in [3.8, 4) is 0 Å². The maximum absolute atomic E-state index is 5.46. The molecule has 1 heterocycles. The first-order valence-corrected chi connectivity index (χ1v) is 5.89. The molecule has 1 rings (SSSR count). The lowest BCUT2D eigenvalue weighted by Gasteiger charge is -2.24. The third-order valence-electron chi connectivity index (χ3n) is 3.12. The highest BCUT2D eigenvalue weighted by molar-refractivity contribution is 4.92. The summed E-state index contributed by atoms with van der Waals surface area (Å²) in [5.74, 6) is 1.13. The minimum atomic E-state index is 0.283. The van der Waals surface area contributed by atoms with Gasteiger partial charge in [-0.15, -0.1) is 0 Å². The maximum Gasteiger partial charge on any atom is 0.108 e. The van der Waals surface area contributed by atoms with Crippen LogP contribution < -0.4 is 5.32 Å². The molecule has 0 aromatic carbocycles. The predicted octanol–water partition coefficient (Wildman–Crippen LogP) is 1.37. The first kappa shape index (κ1) is 13.2. The van der Waals surface area contributed by atoms with E-state index < -0.39 is 0 Å². The zero-order chi connectivity index (χ0) is 12.0. The van der Waals surface area contributed by atoms with Crippen molar-refractivity contribution in [3.63, 3.8) is 0 Å². The minimum Gasteiger partial charge on any atom is -0.380 e. The second kappa shape index (κ2) is 6.66. The van der Waals surface area contributed by atoms with E-state index in [1.54, 1.807) is 7.11 Å². The Bertz CT molecular complexity index is 294. The fraction of sp³-hybridized carbons (Fsp3) is 0.750. The van der Waals surface area contributed by atoms with Crippen LogP contribution >= 0.6 is 0 Å². The molecule has 0 aliphatic heterocycles. The van der Waals surface area contributed by atoms with Crippen molar-refractivity contribution in [2.75, 3.05) is 14.2 Å². The number of nitrogens with zero attached hydrogens (tertiary/aromatic N) is 2. The molecular weight excluding hydrogens is 202 g/mol. The normalized spacial score (nSPS) is 15.0. The number of ether oxygens (including phenoxy) is 1. The number of hydrogen-bond acceptors (Lipinski definition) is 3. The van der Waals surface area contributed by atoms with Crippen molar-refractivity contribution in [1.29, 1.82) is 0 Å². The molecule has 0 bridgehead atoms. The van der Waals surface area contributed by atoms with Crippen molar-refractivity contribution >= 4 is 0 Å². The van der Waals surface area contributed by atoms with Gasteiger partial charge in [0.1, 0.15) is 5.82 Å². The molecule has 0 aliphatic carbocycles. The van der Waals surface area contributed by atoms with Crippen LogP contribution in [0.1, 0.15) is 25.6 Å². The van der Waals surface area contributed by atoms with Crippen molar-refractivity contribution in [3.05, 3.63) is 18.2 Å². The molecule has 0 saturated carbocycles. The van der Waals surface area contributed by atoms with E-state index in [9.17, 15) is 0 Å². The van der Waals surface area contributed by atoms with Crippen molar-refractivity contribution in [2.45, 2.75) is 38.3 Å². The van der Waals surface area contributed by atoms with Crippen molar-refractivity contribution in [2.24, 2.45) is 7.05 Å². The van der Waals surface area contributed by atoms with Crippen LogP contribution in [0, 0.1) is 0 Å². The highest BCUT2D eigenvalue weighted by atomic mass is 16.5. The third-order valence-corrected chi connectivity index (χ3v) is 3.12. The molecule has 1 aromatic rings. The number of aromatic nitrogens is 2. The standard InChI is InChI=1S/C12H23N3O/c1-5-11(16-4)10(13-2)6-7-12-14-8-9-15(12)3/h8-11,13H,5-7H2,1-4H3. The van der Waals surface area contributed by atoms with Gasteiger partial charge in [-0.1, -0.05) is 6.92 Å². The molecule has 4 nitrogen and oxygen atoms in total. The maximum atomic E-state index is 5.46. The Hall–Kier alpha value is -0.870. The van der Waals surface area contributed by atoms with E-state index >= 15 is 0 Å². The van der Waals surface area contributed by atoms with E-state index in [2.05, 4.69) is 21.8 Å². The lowest BCUT2D eigenvalue weighted by Crippen LogP contribution is -2.39. The second-order valence-electron chi connectivity index (χ2n) is 4.07. The fourth-order valence-corrected chi connectivity index (χ4v) is 2.05. The summed E-state index contributed by atoms with van der Waals surface area (Å²) in [6, 6.07) is 0.395. The second-order valence-corrected chi connectivity index (χ2v) is 4.07. The van der Waals surface area contributed by atoms with Crippen molar-refractivity contribution in [1.82, 2.24) is 14.9 Å². The van der Waals surface area contributed by atoms with E-state index in [1.807, 2.05) is 26.5 Å². The first-order valence-electron chi connectivity index (χ1n) is 5.89. The molecule has 2 unspecified atom stereocenters. The molecule has 92 valence electrons. The molecule has 0 fully saturated rings. The van der Waals surface area contributed by atoms with Gasteiger partial charge in [0.2, 0.25) is 0 Å². The van der Waals surface area contributed by atoms with Crippen LogP contribution in [0.4, 0.5) is 0 Å². The van der Waals surface area contributed by atoms with Crippen LogP contribution in [-0.2, 0) is 18.2 Å². The number of aryl methyl sites for hydroxylation is 2. The van der Waals surface area contributed by atoms with Gasteiger partial charge >= 0.3 is 0 Å². The van der Waals surface area contributed by atoms with Crippen molar-refractivity contribution < 1.29 is 4.74 Å². The molecule has 0 spiro atoms. The van der Waals surface area contributed by atoms with Crippen LogP contribution in [0.25, 0.3) is 0 Å². The molecule has 0 radical (unpaired) electrons. The smallest absolute Gasteiger partial charge is 0.108 e. The van der Waals surface area contributed by atoms with E-state index in [0.717, 1.165) is 25.1 Å². The third kappa shape index (κ3) is 3.32. The van der Waals surface area contributed by atoms with Gasteiger partial charge in [-0.25, -0.2) is 4.98 Å². The minimum absolute atomic E-state index is 0.283. The topological polar surface area (TPSA) is 39.1 Å². The number of nitrogens with one attached hydrogen (secondary N) is 1. The van der Waals surface area contributed by atoms with Gasteiger partial charge in [-0.3, -0.25) is 0 Å². The van der Waals surface area contributed by atoms with Gasteiger partial charge in [-0.05, 0) is 19.9 Å². The average Bonchev–Trinajstić information content (AvgIpc) is 2.70. The number of imidazole rings is 1. The van der Waals surface area contributed by atoms with Crippen LogP contribution in [0.3, 0.4) is 0 Å². The predicted molar refractivity (Wildman–Crippen MR) is 65.5 cm³/mol. The Balaban J connectivity index is 2.48. The first-order chi connectivity index (χ1) is 7.72. The summed E-state index contributed by atoms with van der Waals surface area (Å²) in [6.07, 6.45) is 7.17. The average molecular weight is 225 g/mol. The lowest BCUT2D eigenvalue weighted by molar-refractivity contribution is 0.0649. The monoisotopic (exact) mass is 225 g/mol. The summed E-state index contributed by atoms with van der Waals surface area (Å²) in [7, 11) is 5.80. The molecule has 0 aliphatic rings. The summed E-state index contributed by atoms with van der Waals surface area (Å²) in [5, 5.41) is 3.32. The number of hydrogen-bond donors (Lipinski definition) is 1. The van der Waals surface area contributed by atoms with E-state index in [-0.39, 0.29) is 6.10 Å². The summed E-state index contributed by atoms with van der Waals surface area (Å²) in [6.45, 7) is 2.15. The summed E-state index contributed by atoms with van der Waals surface area (Å²) in [4.78, 5) is 4.33. The highest BCUT2D eigenvalue weighted by Crippen LogP contribution is 2.10.